The van der Waals surface area contributed by atoms with Crippen LogP contribution in [0.25, 0.3) is 11.0 Å². The van der Waals surface area contributed by atoms with Crippen molar-refractivity contribution < 1.29 is 19.4 Å². The van der Waals surface area contributed by atoms with Gasteiger partial charge in [-0.15, -0.1) is 0 Å². The maximum Gasteiger partial charge on any atom is 0.336 e. The van der Waals surface area contributed by atoms with Crippen LogP contribution in [0.5, 0.6) is 11.5 Å². The van der Waals surface area contributed by atoms with Crippen LogP contribution in [0.1, 0.15) is 59.1 Å². The second-order valence-corrected chi connectivity index (χ2v) is 9.32. The van der Waals surface area contributed by atoms with Crippen molar-refractivity contribution in [2.75, 3.05) is 6.61 Å². The molecule has 3 aromatic carbocycles. The molecule has 1 aromatic heterocycles. The Labute approximate surface area is 216 Å². The lowest BCUT2D eigenvalue weighted by atomic mass is 10.1. The van der Waals surface area contributed by atoms with Gasteiger partial charge in [-0.2, -0.15) is 0 Å². The van der Waals surface area contributed by atoms with E-state index in [9.17, 15) is 9.90 Å². The number of fused-ring (bicyclic) bond motifs is 1. The summed E-state index contributed by atoms with van der Waals surface area (Å²) in [6.07, 6.45) is 3.33. The monoisotopic (exact) mass is 506 g/mol. The molecule has 36 heavy (non-hydrogen) atoms. The summed E-state index contributed by atoms with van der Waals surface area (Å²) in [7, 11) is 0. The number of carboxylic acid groups (broad SMARTS) is 1. The fraction of sp³-hybridized carbons (Fsp3) is 0.310. The van der Waals surface area contributed by atoms with Crippen molar-refractivity contribution in [1.29, 1.82) is 0 Å². The van der Waals surface area contributed by atoms with Crippen molar-refractivity contribution in [2.45, 2.75) is 53.2 Å². The number of hydrogen-bond acceptors (Lipinski definition) is 4. The van der Waals surface area contributed by atoms with Gasteiger partial charge >= 0.3 is 5.97 Å². The highest BCUT2D eigenvalue weighted by atomic mass is 35.5. The van der Waals surface area contributed by atoms with Gasteiger partial charge < -0.3 is 19.1 Å². The molecule has 0 saturated carbocycles. The van der Waals surface area contributed by atoms with Crippen LogP contribution in [0.2, 0.25) is 5.02 Å². The molecule has 0 fully saturated rings. The zero-order chi connectivity index (χ0) is 25.7. The lowest BCUT2D eigenvalue weighted by Gasteiger charge is -2.13. The van der Waals surface area contributed by atoms with E-state index in [2.05, 4.69) is 11.5 Å². The number of ether oxygens (including phenoxy) is 2. The van der Waals surface area contributed by atoms with Gasteiger partial charge in [-0.1, -0.05) is 55.6 Å². The molecule has 0 aliphatic rings. The lowest BCUT2D eigenvalue weighted by molar-refractivity contribution is 0.0694. The van der Waals surface area contributed by atoms with Crippen LogP contribution in [0.3, 0.4) is 0 Å². The number of carbonyl (C=O) groups is 1. The second-order valence-electron chi connectivity index (χ2n) is 8.91. The Morgan fingerprint density at radius 2 is 1.81 bits per heavy atom. The minimum atomic E-state index is -0.969. The number of aryl methyl sites for hydroxylation is 2. The fourth-order valence-electron chi connectivity index (χ4n) is 4.23. The van der Waals surface area contributed by atoms with E-state index in [1.807, 2.05) is 50.2 Å². The van der Waals surface area contributed by atoms with E-state index < -0.39 is 5.97 Å². The summed E-state index contributed by atoms with van der Waals surface area (Å²) in [6.45, 7) is 7.54. The normalized spacial score (nSPS) is 11.1. The maximum absolute atomic E-state index is 11.5. The molecule has 0 unspecified atom stereocenters. The number of halogens is 1. The Morgan fingerprint density at radius 1 is 1.00 bits per heavy atom. The van der Waals surface area contributed by atoms with Crippen molar-refractivity contribution in [3.8, 4) is 11.5 Å². The highest BCUT2D eigenvalue weighted by Gasteiger charge is 2.15. The van der Waals surface area contributed by atoms with E-state index in [1.54, 1.807) is 18.2 Å². The van der Waals surface area contributed by atoms with Crippen molar-refractivity contribution in [3.63, 3.8) is 0 Å². The van der Waals surface area contributed by atoms with Gasteiger partial charge in [-0.25, -0.2) is 9.78 Å². The first-order valence-corrected chi connectivity index (χ1v) is 12.6. The first-order valence-electron chi connectivity index (χ1n) is 12.2. The topological polar surface area (TPSA) is 73.6 Å². The number of nitrogens with zero attached hydrogens (tertiary/aromatic N) is 2. The summed E-state index contributed by atoms with van der Waals surface area (Å²) in [5.74, 6) is 1.34. The number of carboxylic acids is 1. The number of aromatic carboxylic acids is 1. The van der Waals surface area contributed by atoms with Crippen LogP contribution in [0.15, 0.2) is 54.6 Å². The van der Waals surface area contributed by atoms with Crippen molar-refractivity contribution >= 4 is 28.6 Å². The molecule has 0 radical (unpaired) electrons. The molecule has 1 heterocycles. The second kappa shape index (κ2) is 11.5. The fourth-order valence-corrected chi connectivity index (χ4v) is 4.46. The zero-order valence-electron chi connectivity index (χ0n) is 20.9. The predicted octanol–water partition coefficient (Wildman–Crippen LogP) is 7.20. The highest BCUT2D eigenvalue weighted by Crippen LogP contribution is 2.29. The minimum Gasteiger partial charge on any atom is -0.494 e. The summed E-state index contributed by atoms with van der Waals surface area (Å²) >= 11 is 6.62. The molecule has 0 saturated heterocycles. The van der Waals surface area contributed by atoms with Crippen LogP contribution in [-0.2, 0) is 13.2 Å². The van der Waals surface area contributed by atoms with Gasteiger partial charge in [-0.3, -0.25) is 0 Å². The van der Waals surface area contributed by atoms with E-state index in [4.69, 9.17) is 26.1 Å². The lowest BCUT2D eigenvalue weighted by Crippen LogP contribution is -2.06. The summed E-state index contributed by atoms with van der Waals surface area (Å²) in [5.41, 5.74) is 4.65. The van der Waals surface area contributed by atoms with Gasteiger partial charge in [0.15, 0.2) is 0 Å². The molecule has 0 atom stereocenters. The molecular formula is C29H31ClN2O4. The van der Waals surface area contributed by atoms with Gasteiger partial charge in [0.05, 0.1) is 29.7 Å². The quantitative estimate of drug-likeness (QED) is 0.218. The number of rotatable bonds is 11. The Morgan fingerprint density at radius 3 is 2.56 bits per heavy atom. The molecule has 4 aromatic rings. The van der Waals surface area contributed by atoms with Crippen molar-refractivity contribution in [1.82, 2.24) is 9.55 Å². The molecule has 4 rings (SSSR count). The standard InChI is InChI=1S/C29H31ClN2O4/c1-4-5-8-13-35-23-12-11-21(26(30)15-23)17-32-20(3)31-28-19(2)14-24(16-27(28)32)36-18-22-9-6-7-10-25(22)29(33)34/h6-7,9-12,14-16H,4-5,8,13,17-18H2,1-3H3,(H,33,34). The van der Waals surface area contributed by atoms with E-state index in [-0.39, 0.29) is 12.2 Å². The van der Waals surface area contributed by atoms with Crippen molar-refractivity contribution in [2.24, 2.45) is 0 Å². The number of unbranched alkanes of at least 4 members (excludes halogenated alkanes) is 2. The highest BCUT2D eigenvalue weighted by molar-refractivity contribution is 6.31. The predicted molar refractivity (Wildman–Crippen MR) is 143 cm³/mol. The van der Waals surface area contributed by atoms with Crippen LogP contribution >= 0.6 is 11.6 Å². The molecule has 7 heteroatoms. The molecule has 188 valence electrons. The summed E-state index contributed by atoms with van der Waals surface area (Å²) < 4.78 is 14.0. The molecule has 0 spiro atoms. The van der Waals surface area contributed by atoms with E-state index in [0.717, 1.165) is 53.0 Å². The van der Waals surface area contributed by atoms with Crippen LogP contribution < -0.4 is 9.47 Å². The van der Waals surface area contributed by atoms with Gasteiger partial charge in [0.1, 0.15) is 23.9 Å². The average Bonchev–Trinajstić information content (AvgIpc) is 3.17. The molecule has 0 aliphatic carbocycles. The van der Waals surface area contributed by atoms with E-state index in [1.165, 1.54) is 0 Å². The van der Waals surface area contributed by atoms with Crippen LogP contribution in [0, 0.1) is 13.8 Å². The van der Waals surface area contributed by atoms with Gasteiger partial charge in [0.2, 0.25) is 0 Å². The number of benzene rings is 3. The van der Waals surface area contributed by atoms with E-state index >= 15 is 0 Å². The number of imidazole rings is 1. The van der Waals surface area contributed by atoms with Gasteiger partial charge in [-0.05, 0) is 55.7 Å². The van der Waals surface area contributed by atoms with Crippen LogP contribution in [0.4, 0.5) is 0 Å². The molecule has 6 nitrogen and oxygen atoms in total. The van der Waals surface area contributed by atoms with Gasteiger partial charge in [0.25, 0.3) is 0 Å². The Kier molecular flexibility index (Phi) is 8.16. The maximum atomic E-state index is 11.5. The number of hydrogen-bond donors (Lipinski definition) is 1. The third-order valence-corrected chi connectivity index (χ3v) is 6.57. The smallest absolute Gasteiger partial charge is 0.336 e. The average molecular weight is 507 g/mol. The Hall–Kier alpha value is -3.51. The largest absolute Gasteiger partial charge is 0.494 e. The summed E-state index contributed by atoms with van der Waals surface area (Å²) in [6, 6.07) is 16.6. The molecule has 0 bridgehead atoms. The summed E-state index contributed by atoms with van der Waals surface area (Å²) in [5, 5.41) is 10.1. The molecule has 0 amide bonds. The third-order valence-electron chi connectivity index (χ3n) is 6.22. The summed E-state index contributed by atoms with van der Waals surface area (Å²) in [4.78, 5) is 16.3. The Balaban J connectivity index is 1.56. The SMILES string of the molecule is CCCCCOc1ccc(Cn2c(C)nc3c(C)cc(OCc4ccccc4C(=O)O)cc32)c(Cl)c1. The van der Waals surface area contributed by atoms with Crippen molar-refractivity contribution in [3.05, 3.63) is 87.7 Å². The number of aromatic nitrogens is 2. The molecular weight excluding hydrogens is 476 g/mol. The van der Waals surface area contributed by atoms with Gasteiger partial charge in [0, 0.05) is 16.7 Å². The molecule has 1 N–H and O–H groups in total. The molecule has 0 aliphatic heterocycles. The first-order chi connectivity index (χ1) is 17.4. The first kappa shape index (κ1) is 25.6. The Bertz CT molecular complexity index is 1380. The minimum absolute atomic E-state index is 0.159. The zero-order valence-corrected chi connectivity index (χ0v) is 21.6. The van der Waals surface area contributed by atoms with E-state index in [0.29, 0.717) is 29.5 Å². The third kappa shape index (κ3) is 5.82. The van der Waals surface area contributed by atoms with Crippen LogP contribution in [-0.4, -0.2) is 27.2 Å².